The van der Waals surface area contributed by atoms with Gasteiger partial charge < -0.3 is 10.6 Å². The van der Waals surface area contributed by atoms with Crippen LogP contribution >= 0.6 is 0 Å². The standard InChI is InChI=1S/C12H19N3O/c1-4-10-7-9(12(16)14-6-3)8-11(15-10)13-5-2/h7-8H,4-6H2,1-3H3,(H,13,15)(H,14,16). The maximum Gasteiger partial charge on any atom is 0.251 e. The maximum atomic E-state index is 11.7. The molecule has 0 radical (unpaired) electrons. The van der Waals surface area contributed by atoms with Crippen LogP contribution in [0.1, 0.15) is 36.8 Å². The number of aromatic nitrogens is 1. The average Bonchev–Trinajstić information content (AvgIpc) is 2.29. The minimum absolute atomic E-state index is 0.0428. The molecule has 1 heterocycles. The lowest BCUT2D eigenvalue weighted by Gasteiger charge is -2.08. The van der Waals surface area contributed by atoms with Gasteiger partial charge >= 0.3 is 0 Å². The number of hydrogen-bond acceptors (Lipinski definition) is 3. The van der Waals surface area contributed by atoms with E-state index in [9.17, 15) is 4.79 Å². The Balaban J connectivity index is 2.98. The van der Waals surface area contributed by atoms with Crippen molar-refractivity contribution in [1.82, 2.24) is 10.3 Å². The second-order valence-electron chi connectivity index (χ2n) is 3.48. The molecule has 0 saturated carbocycles. The topological polar surface area (TPSA) is 54.0 Å². The zero-order valence-electron chi connectivity index (χ0n) is 10.1. The summed E-state index contributed by atoms with van der Waals surface area (Å²) in [5.74, 6) is 0.724. The first-order valence-corrected chi connectivity index (χ1v) is 5.74. The van der Waals surface area contributed by atoms with Gasteiger partial charge in [0.05, 0.1) is 0 Å². The van der Waals surface area contributed by atoms with E-state index in [1.807, 2.05) is 26.8 Å². The third-order valence-corrected chi connectivity index (χ3v) is 2.20. The number of rotatable bonds is 5. The second kappa shape index (κ2) is 6.10. The molecule has 0 fully saturated rings. The zero-order valence-corrected chi connectivity index (χ0v) is 10.1. The van der Waals surface area contributed by atoms with Gasteiger partial charge in [-0.1, -0.05) is 6.92 Å². The molecule has 0 unspecified atom stereocenters. The normalized spacial score (nSPS) is 9.94. The van der Waals surface area contributed by atoms with Crippen LogP contribution in [0.2, 0.25) is 0 Å². The lowest BCUT2D eigenvalue weighted by atomic mass is 10.2. The van der Waals surface area contributed by atoms with Crippen molar-refractivity contribution in [3.63, 3.8) is 0 Å². The summed E-state index contributed by atoms with van der Waals surface area (Å²) < 4.78 is 0. The lowest BCUT2D eigenvalue weighted by Crippen LogP contribution is -2.23. The van der Waals surface area contributed by atoms with Gasteiger partial charge in [-0.05, 0) is 32.4 Å². The van der Waals surface area contributed by atoms with Gasteiger partial charge in [-0.25, -0.2) is 4.98 Å². The molecule has 0 spiro atoms. The van der Waals surface area contributed by atoms with Crippen molar-refractivity contribution in [1.29, 1.82) is 0 Å². The molecule has 1 amide bonds. The summed E-state index contributed by atoms with van der Waals surface area (Å²) in [6.45, 7) is 7.38. The predicted molar refractivity (Wildman–Crippen MR) is 65.8 cm³/mol. The molecule has 1 rings (SSSR count). The van der Waals surface area contributed by atoms with E-state index in [2.05, 4.69) is 15.6 Å². The van der Waals surface area contributed by atoms with Gasteiger partial charge in [0.15, 0.2) is 0 Å². The first kappa shape index (κ1) is 12.5. The van der Waals surface area contributed by atoms with Crippen molar-refractivity contribution in [2.45, 2.75) is 27.2 Å². The molecule has 0 aromatic carbocycles. The van der Waals surface area contributed by atoms with E-state index >= 15 is 0 Å². The average molecular weight is 221 g/mol. The highest BCUT2D eigenvalue weighted by atomic mass is 16.1. The molecule has 0 saturated heterocycles. The van der Waals surface area contributed by atoms with Crippen molar-refractivity contribution < 1.29 is 4.79 Å². The molecule has 4 nitrogen and oxygen atoms in total. The number of nitrogens with one attached hydrogen (secondary N) is 2. The molecule has 88 valence electrons. The van der Waals surface area contributed by atoms with Gasteiger partial charge in [0.2, 0.25) is 0 Å². The molecule has 0 bridgehead atoms. The van der Waals surface area contributed by atoms with Gasteiger partial charge in [0.1, 0.15) is 5.82 Å². The third kappa shape index (κ3) is 3.22. The van der Waals surface area contributed by atoms with E-state index in [1.165, 1.54) is 0 Å². The summed E-state index contributed by atoms with van der Waals surface area (Å²) in [7, 11) is 0. The maximum absolute atomic E-state index is 11.7. The van der Waals surface area contributed by atoms with Crippen molar-refractivity contribution in [3.8, 4) is 0 Å². The van der Waals surface area contributed by atoms with Crippen molar-refractivity contribution in [2.75, 3.05) is 18.4 Å². The van der Waals surface area contributed by atoms with Crippen LogP contribution < -0.4 is 10.6 Å². The van der Waals surface area contributed by atoms with Crippen LogP contribution in [0.3, 0.4) is 0 Å². The largest absolute Gasteiger partial charge is 0.370 e. The molecule has 2 N–H and O–H groups in total. The van der Waals surface area contributed by atoms with Gasteiger partial charge in [-0.2, -0.15) is 0 Å². The molecule has 4 heteroatoms. The van der Waals surface area contributed by atoms with E-state index in [4.69, 9.17) is 0 Å². The summed E-state index contributed by atoms with van der Waals surface area (Å²) in [6.07, 6.45) is 0.825. The fourth-order valence-electron chi connectivity index (χ4n) is 1.43. The number of nitrogens with zero attached hydrogens (tertiary/aromatic N) is 1. The quantitative estimate of drug-likeness (QED) is 0.797. The monoisotopic (exact) mass is 221 g/mol. The smallest absolute Gasteiger partial charge is 0.251 e. The zero-order chi connectivity index (χ0) is 12.0. The van der Waals surface area contributed by atoms with Crippen LogP contribution in [0.4, 0.5) is 5.82 Å². The van der Waals surface area contributed by atoms with E-state index in [-0.39, 0.29) is 5.91 Å². The Morgan fingerprint density at radius 2 is 2.00 bits per heavy atom. The fraction of sp³-hybridized carbons (Fsp3) is 0.500. The Bertz CT molecular complexity index is 363. The van der Waals surface area contributed by atoms with Crippen LogP contribution in [0.15, 0.2) is 12.1 Å². The highest BCUT2D eigenvalue weighted by Crippen LogP contribution is 2.11. The van der Waals surface area contributed by atoms with Gasteiger partial charge in [0, 0.05) is 24.3 Å². The molecule has 16 heavy (non-hydrogen) atoms. The number of carbonyl (C=O) groups is 1. The number of pyridine rings is 1. The minimum Gasteiger partial charge on any atom is -0.370 e. The fourth-order valence-corrected chi connectivity index (χ4v) is 1.43. The first-order chi connectivity index (χ1) is 7.71. The first-order valence-electron chi connectivity index (χ1n) is 5.74. The van der Waals surface area contributed by atoms with E-state index in [0.717, 1.165) is 24.5 Å². The van der Waals surface area contributed by atoms with Gasteiger partial charge in [-0.15, -0.1) is 0 Å². The molecule has 0 aliphatic carbocycles. The Hall–Kier alpha value is -1.58. The van der Waals surface area contributed by atoms with E-state index in [1.54, 1.807) is 6.07 Å². The third-order valence-electron chi connectivity index (χ3n) is 2.20. The molecular formula is C12H19N3O. The number of carbonyl (C=O) groups excluding carboxylic acids is 1. The lowest BCUT2D eigenvalue weighted by molar-refractivity contribution is 0.0955. The molecule has 0 atom stereocenters. The van der Waals surface area contributed by atoms with Crippen molar-refractivity contribution >= 4 is 11.7 Å². The number of aryl methyl sites for hydroxylation is 1. The number of anilines is 1. The molecule has 0 aliphatic heterocycles. The van der Waals surface area contributed by atoms with E-state index < -0.39 is 0 Å². The van der Waals surface area contributed by atoms with Crippen LogP contribution in [0.5, 0.6) is 0 Å². The van der Waals surface area contributed by atoms with E-state index in [0.29, 0.717) is 12.1 Å². The van der Waals surface area contributed by atoms with Crippen LogP contribution in [0, 0.1) is 0 Å². The Morgan fingerprint density at radius 1 is 1.25 bits per heavy atom. The molecule has 1 aromatic heterocycles. The Morgan fingerprint density at radius 3 is 2.56 bits per heavy atom. The summed E-state index contributed by atoms with van der Waals surface area (Å²) in [5, 5.41) is 5.92. The summed E-state index contributed by atoms with van der Waals surface area (Å²) in [6, 6.07) is 3.62. The summed E-state index contributed by atoms with van der Waals surface area (Å²) in [4.78, 5) is 16.1. The molecular weight excluding hydrogens is 202 g/mol. The van der Waals surface area contributed by atoms with Gasteiger partial charge in [-0.3, -0.25) is 4.79 Å². The highest BCUT2D eigenvalue weighted by molar-refractivity contribution is 5.94. The van der Waals surface area contributed by atoms with Crippen LogP contribution in [-0.2, 0) is 6.42 Å². The van der Waals surface area contributed by atoms with Crippen molar-refractivity contribution in [3.05, 3.63) is 23.4 Å². The second-order valence-corrected chi connectivity index (χ2v) is 3.48. The Kier molecular flexibility index (Phi) is 4.76. The highest BCUT2D eigenvalue weighted by Gasteiger charge is 2.07. The number of amides is 1. The SMILES string of the molecule is CCNC(=O)c1cc(CC)nc(NCC)c1. The Labute approximate surface area is 96.5 Å². The van der Waals surface area contributed by atoms with Gasteiger partial charge in [0.25, 0.3) is 5.91 Å². The number of hydrogen-bond donors (Lipinski definition) is 2. The van der Waals surface area contributed by atoms with Crippen LogP contribution in [0.25, 0.3) is 0 Å². The molecule has 1 aromatic rings. The molecule has 0 aliphatic rings. The summed E-state index contributed by atoms with van der Waals surface area (Å²) in [5.41, 5.74) is 1.60. The minimum atomic E-state index is -0.0428. The predicted octanol–water partition coefficient (Wildman–Crippen LogP) is 1.83. The van der Waals surface area contributed by atoms with Crippen LogP contribution in [-0.4, -0.2) is 24.0 Å². The summed E-state index contributed by atoms with van der Waals surface area (Å²) >= 11 is 0. The van der Waals surface area contributed by atoms with Crippen molar-refractivity contribution in [2.24, 2.45) is 0 Å².